The van der Waals surface area contributed by atoms with Gasteiger partial charge in [0.05, 0.1) is 5.56 Å². The van der Waals surface area contributed by atoms with Gasteiger partial charge in [-0.05, 0) is 43.4 Å². The van der Waals surface area contributed by atoms with E-state index in [-0.39, 0.29) is 0 Å². The van der Waals surface area contributed by atoms with E-state index in [4.69, 9.17) is 0 Å². The lowest BCUT2D eigenvalue weighted by molar-refractivity contribution is 0.0697. The van der Waals surface area contributed by atoms with Crippen LogP contribution in [0.1, 0.15) is 60.9 Å². The van der Waals surface area contributed by atoms with Crippen LogP contribution in [0.5, 0.6) is 0 Å². The number of hydrogen-bond donors (Lipinski definition) is 1. The summed E-state index contributed by atoms with van der Waals surface area (Å²) in [4.78, 5) is 11.2. The molecule has 0 saturated heterocycles. The van der Waals surface area contributed by atoms with Crippen molar-refractivity contribution in [3.05, 3.63) is 35.5 Å². The molecule has 1 aromatic carbocycles. The first-order valence-corrected chi connectivity index (χ1v) is 8.48. The minimum Gasteiger partial charge on any atom is -0.478 e. The molecule has 0 atom stereocenters. The Kier molecular flexibility index (Phi) is 4.51. The van der Waals surface area contributed by atoms with Gasteiger partial charge in [-0.1, -0.05) is 38.2 Å². The number of aromatic carboxylic acids is 1. The van der Waals surface area contributed by atoms with Crippen molar-refractivity contribution in [3.8, 4) is 0 Å². The average Bonchev–Trinajstić information content (AvgIpc) is 2.84. The zero-order chi connectivity index (χ0) is 15.5. The maximum Gasteiger partial charge on any atom is 0.335 e. The highest BCUT2D eigenvalue weighted by Gasteiger charge is 2.14. The molecule has 3 nitrogen and oxygen atoms in total. The van der Waals surface area contributed by atoms with Crippen LogP contribution in [-0.2, 0) is 6.54 Å². The van der Waals surface area contributed by atoms with Crippen LogP contribution in [0, 0.1) is 12.8 Å². The molecule has 1 fully saturated rings. The van der Waals surface area contributed by atoms with Crippen molar-refractivity contribution >= 4 is 16.9 Å². The SMILES string of the molecule is Cc1cn(CCCC2CCCCC2)c2cc(C(=O)O)ccc12. The summed E-state index contributed by atoms with van der Waals surface area (Å²) >= 11 is 0. The molecule has 0 unspecified atom stereocenters. The molecule has 3 heteroatoms. The van der Waals surface area contributed by atoms with Crippen LogP contribution in [-0.4, -0.2) is 15.6 Å². The van der Waals surface area contributed by atoms with Crippen LogP contribution in [0.2, 0.25) is 0 Å². The van der Waals surface area contributed by atoms with Gasteiger partial charge in [0.15, 0.2) is 0 Å². The molecule has 22 heavy (non-hydrogen) atoms. The number of fused-ring (bicyclic) bond motifs is 1. The van der Waals surface area contributed by atoms with Gasteiger partial charge in [0.2, 0.25) is 0 Å². The number of carbonyl (C=O) groups is 1. The van der Waals surface area contributed by atoms with Gasteiger partial charge in [-0.3, -0.25) is 0 Å². The normalized spacial score (nSPS) is 16.2. The number of hydrogen-bond acceptors (Lipinski definition) is 1. The molecule has 1 saturated carbocycles. The first kappa shape index (κ1) is 15.1. The molecule has 1 aromatic heterocycles. The van der Waals surface area contributed by atoms with Crippen LogP contribution in [0.15, 0.2) is 24.4 Å². The largest absolute Gasteiger partial charge is 0.478 e. The fraction of sp³-hybridized carbons (Fsp3) is 0.526. The van der Waals surface area contributed by atoms with E-state index < -0.39 is 5.97 Å². The molecule has 0 amide bonds. The summed E-state index contributed by atoms with van der Waals surface area (Å²) in [5, 5.41) is 10.3. The lowest BCUT2D eigenvalue weighted by Gasteiger charge is -2.21. The van der Waals surface area contributed by atoms with Crippen LogP contribution in [0.3, 0.4) is 0 Å². The second-order valence-corrected chi connectivity index (χ2v) is 6.69. The van der Waals surface area contributed by atoms with Crippen LogP contribution >= 0.6 is 0 Å². The number of rotatable bonds is 5. The number of aryl methyl sites for hydroxylation is 2. The number of carboxylic acids is 1. The highest BCUT2D eigenvalue weighted by Crippen LogP contribution is 2.28. The maximum atomic E-state index is 11.2. The maximum absolute atomic E-state index is 11.2. The smallest absolute Gasteiger partial charge is 0.335 e. The monoisotopic (exact) mass is 299 g/mol. The molecule has 1 aliphatic rings. The topological polar surface area (TPSA) is 42.2 Å². The summed E-state index contributed by atoms with van der Waals surface area (Å²) in [6.07, 6.45) is 11.7. The van der Waals surface area contributed by atoms with E-state index in [1.807, 2.05) is 12.1 Å². The molecular weight excluding hydrogens is 274 g/mol. The van der Waals surface area contributed by atoms with Gasteiger partial charge in [0, 0.05) is 23.6 Å². The van der Waals surface area contributed by atoms with Crippen molar-refractivity contribution in [1.82, 2.24) is 4.57 Å². The zero-order valence-corrected chi connectivity index (χ0v) is 13.3. The predicted molar refractivity (Wildman–Crippen MR) is 89.4 cm³/mol. The molecule has 0 spiro atoms. The van der Waals surface area contributed by atoms with Crippen molar-refractivity contribution < 1.29 is 9.90 Å². The molecule has 3 rings (SSSR count). The van der Waals surface area contributed by atoms with Crippen molar-refractivity contribution in [2.45, 2.75) is 58.4 Å². The molecule has 118 valence electrons. The van der Waals surface area contributed by atoms with Crippen molar-refractivity contribution in [2.75, 3.05) is 0 Å². The van der Waals surface area contributed by atoms with E-state index >= 15 is 0 Å². The van der Waals surface area contributed by atoms with Crippen LogP contribution in [0.25, 0.3) is 10.9 Å². The first-order chi connectivity index (χ1) is 10.6. The second kappa shape index (κ2) is 6.55. The summed E-state index contributed by atoms with van der Waals surface area (Å²) in [5.41, 5.74) is 2.66. The fourth-order valence-corrected chi connectivity index (χ4v) is 3.82. The zero-order valence-electron chi connectivity index (χ0n) is 13.3. The third-order valence-electron chi connectivity index (χ3n) is 5.06. The van der Waals surface area contributed by atoms with Gasteiger partial charge in [0.25, 0.3) is 0 Å². The lowest BCUT2D eigenvalue weighted by Crippen LogP contribution is -2.07. The third-order valence-corrected chi connectivity index (χ3v) is 5.06. The minimum atomic E-state index is -0.852. The van der Waals surface area contributed by atoms with Gasteiger partial charge in [-0.25, -0.2) is 4.79 Å². The van der Waals surface area contributed by atoms with Crippen molar-refractivity contribution in [1.29, 1.82) is 0 Å². The van der Waals surface area contributed by atoms with Crippen molar-refractivity contribution in [3.63, 3.8) is 0 Å². The second-order valence-electron chi connectivity index (χ2n) is 6.69. The first-order valence-electron chi connectivity index (χ1n) is 8.48. The Balaban J connectivity index is 1.72. The standard InChI is InChI=1S/C19H25NO2/c1-14-13-20(11-5-8-15-6-3-2-4-7-15)18-12-16(19(21)22)9-10-17(14)18/h9-10,12-13,15H,2-8,11H2,1H3,(H,21,22). The van der Waals surface area contributed by atoms with Gasteiger partial charge in [0.1, 0.15) is 0 Å². The molecule has 0 bridgehead atoms. The average molecular weight is 299 g/mol. The number of nitrogens with zero attached hydrogens (tertiary/aromatic N) is 1. The molecule has 2 aromatic rings. The van der Waals surface area contributed by atoms with Crippen LogP contribution < -0.4 is 0 Å². The van der Waals surface area contributed by atoms with E-state index in [2.05, 4.69) is 17.7 Å². The number of benzene rings is 1. The molecular formula is C19H25NO2. The Labute approximate surface area is 131 Å². The Morgan fingerprint density at radius 3 is 2.77 bits per heavy atom. The molecule has 1 N–H and O–H groups in total. The molecule has 0 radical (unpaired) electrons. The summed E-state index contributed by atoms with van der Waals surface area (Å²) in [7, 11) is 0. The van der Waals surface area contributed by atoms with E-state index in [0.717, 1.165) is 18.0 Å². The number of aromatic nitrogens is 1. The van der Waals surface area contributed by atoms with Crippen LogP contribution in [0.4, 0.5) is 0 Å². The van der Waals surface area contributed by atoms with Gasteiger partial charge in [-0.15, -0.1) is 0 Å². The Bertz CT molecular complexity index is 665. The molecule has 1 aliphatic carbocycles. The quantitative estimate of drug-likeness (QED) is 0.843. The van der Waals surface area contributed by atoms with Gasteiger partial charge < -0.3 is 9.67 Å². The summed E-state index contributed by atoms with van der Waals surface area (Å²) in [5.74, 6) is 0.0563. The van der Waals surface area contributed by atoms with Crippen molar-refractivity contribution in [2.24, 2.45) is 5.92 Å². The lowest BCUT2D eigenvalue weighted by atomic mass is 9.86. The summed E-state index contributed by atoms with van der Waals surface area (Å²) in [6.45, 7) is 3.09. The minimum absolute atomic E-state index is 0.374. The van der Waals surface area contributed by atoms with E-state index in [1.165, 1.54) is 55.9 Å². The van der Waals surface area contributed by atoms with E-state index in [9.17, 15) is 9.90 Å². The third kappa shape index (κ3) is 3.18. The Morgan fingerprint density at radius 1 is 1.27 bits per heavy atom. The fourth-order valence-electron chi connectivity index (χ4n) is 3.82. The summed E-state index contributed by atoms with van der Waals surface area (Å²) in [6, 6.07) is 5.45. The molecule has 0 aliphatic heterocycles. The van der Waals surface area contributed by atoms with Gasteiger partial charge >= 0.3 is 5.97 Å². The van der Waals surface area contributed by atoms with Gasteiger partial charge in [-0.2, -0.15) is 0 Å². The predicted octanol–water partition coefficient (Wildman–Crippen LogP) is 5.01. The Morgan fingerprint density at radius 2 is 2.05 bits per heavy atom. The number of carboxylic acid groups (broad SMARTS) is 1. The highest BCUT2D eigenvalue weighted by atomic mass is 16.4. The highest BCUT2D eigenvalue weighted by molar-refractivity contribution is 5.94. The molecule has 1 heterocycles. The summed E-state index contributed by atoms with van der Waals surface area (Å²) < 4.78 is 2.24. The van der Waals surface area contributed by atoms with E-state index in [0.29, 0.717) is 5.56 Å². The Hall–Kier alpha value is -1.77. The van der Waals surface area contributed by atoms with E-state index in [1.54, 1.807) is 6.07 Å².